The average Bonchev–Trinajstić information content (AvgIpc) is 3.27. The molecule has 4 aromatic rings. The second kappa shape index (κ2) is 8.22. The molecule has 0 atom stereocenters. The first-order chi connectivity index (χ1) is 15.7. The van der Waals surface area contributed by atoms with E-state index in [2.05, 4.69) is 10.1 Å². The molecule has 0 unspecified atom stereocenters. The van der Waals surface area contributed by atoms with Crippen molar-refractivity contribution in [3.63, 3.8) is 0 Å². The van der Waals surface area contributed by atoms with E-state index in [-0.39, 0.29) is 17.0 Å². The van der Waals surface area contributed by atoms with Gasteiger partial charge in [0.25, 0.3) is 17.4 Å². The van der Waals surface area contributed by atoms with Gasteiger partial charge in [0.1, 0.15) is 0 Å². The number of aryl methyl sites for hydroxylation is 1. The van der Waals surface area contributed by atoms with E-state index in [4.69, 9.17) is 4.52 Å². The number of phenolic OH excluding ortho intramolecular Hbond substituents is 1. The van der Waals surface area contributed by atoms with Gasteiger partial charge in [0.05, 0.1) is 12.1 Å². The summed E-state index contributed by atoms with van der Waals surface area (Å²) in [5.41, 5.74) is -2.30. The van der Waals surface area contributed by atoms with E-state index in [0.717, 1.165) is 4.57 Å². The summed E-state index contributed by atoms with van der Waals surface area (Å²) in [7, 11) is 0. The summed E-state index contributed by atoms with van der Waals surface area (Å²) in [6, 6.07) is 8.12. The summed E-state index contributed by atoms with van der Waals surface area (Å²) in [6.07, 6.45) is 1.18. The molecule has 1 N–H and O–H groups in total. The van der Waals surface area contributed by atoms with Crippen LogP contribution < -0.4 is 11.2 Å². The zero-order valence-corrected chi connectivity index (χ0v) is 16.8. The zero-order valence-electron chi connectivity index (χ0n) is 16.8. The standard InChI is InChI=1S/C21H13F3N4O5/c1-10-8-27(21(32)28(19(10)30)20(31)11-5-3-2-4-6-11)9-14-25-18(33-26-14)12-7-13(22)16(24)17(29)15(12)23/h2-8,29H,9H2,1H3. The van der Waals surface area contributed by atoms with Gasteiger partial charge >= 0.3 is 5.69 Å². The van der Waals surface area contributed by atoms with E-state index < -0.39 is 58.4 Å². The van der Waals surface area contributed by atoms with E-state index in [0.29, 0.717) is 10.6 Å². The van der Waals surface area contributed by atoms with Crippen LogP contribution in [0.1, 0.15) is 21.7 Å². The molecule has 0 aliphatic heterocycles. The van der Waals surface area contributed by atoms with Gasteiger partial charge in [-0.05, 0) is 25.1 Å². The lowest BCUT2D eigenvalue weighted by molar-refractivity contribution is 0.0948. The molecule has 0 aliphatic carbocycles. The summed E-state index contributed by atoms with van der Waals surface area (Å²) in [4.78, 5) is 41.9. The van der Waals surface area contributed by atoms with Gasteiger partial charge in [-0.1, -0.05) is 23.4 Å². The Morgan fingerprint density at radius 3 is 2.52 bits per heavy atom. The Hall–Kier alpha value is -4.48. The van der Waals surface area contributed by atoms with Crippen molar-refractivity contribution in [3.05, 3.63) is 97.8 Å². The Balaban J connectivity index is 1.73. The number of carbonyl (C=O) groups excluding carboxylic acids is 1. The number of hydrogen-bond acceptors (Lipinski definition) is 7. The molecule has 0 bridgehead atoms. The molecule has 12 heteroatoms. The van der Waals surface area contributed by atoms with Crippen LogP contribution in [0.2, 0.25) is 0 Å². The van der Waals surface area contributed by atoms with Crippen LogP contribution in [0.25, 0.3) is 11.5 Å². The monoisotopic (exact) mass is 458 g/mol. The molecule has 33 heavy (non-hydrogen) atoms. The summed E-state index contributed by atoms with van der Waals surface area (Å²) in [5, 5.41) is 12.9. The highest BCUT2D eigenvalue weighted by atomic mass is 19.2. The predicted octanol–water partition coefficient (Wildman–Crippen LogP) is 2.23. The molecule has 4 rings (SSSR count). The third-order valence-corrected chi connectivity index (χ3v) is 4.69. The molecule has 168 valence electrons. The van der Waals surface area contributed by atoms with Gasteiger partial charge in [-0.25, -0.2) is 13.6 Å². The highest BCUT2D eigenvalue weighted by Crippen LogP contribution is 2.31. The van der Waals surface area contributed by atoms with Gasteiger partial charge in [-0.2, -0.15) is 13.9 Å². The van der Waals surface area contributed by atoms with Crippen LogP contribution in [-0.4, -0.2) is 30.3 Å². The highest BCUT2D eigenvalue weighted by molar-refractivity contribution is 5.95. The molecule has 0 aliphatic rings. The lowest BCUT2D eigenvalue weighted by Crippen LogP contribution is -2.44. The van der Waals surface area contributed by atoms with Gasteiger partial charge < -0.3 is 9.63 Å². The van der Waals surface area contributed by atoms with Crippen molar-refractivity contribution in [1.29, 1.82) is 0 Å². The van der Waals surface area contributed by atoms with E-state index in [1.54, 1.807) is 18.2 Å². The van der Waals surface area contributed by atoms with Gasteiger partial charge in [-0.3, -0.25) is 14.2 Å². The maximum atomic E-state index is 14.1. The van der Waals surface area contributed by atoms with E-state index in [9.17, 15) is 32.7 Å². The fraction of sp³-hybridized carbons (Fsp3) is 0.0952. The Bertz CT molecular complexity index is 1510. The van der Waals surface area contributed by atoms with E-state index in [1.165, 1.54) is 25.3 Å². The molecule has 0 spiro atoms. The molecule has 0 saturated heterocycles. The molecular weight excluding hydrogens is 445 g/mol. The number of hydrogen-bond donors (Lipinski definition) is 1. The number of benzene rings is 2. The van der Waals surface area contributed by atoms with Gasteiger partial charge in [0.2, 0.25) is 5.82 Å². The van der Waals surface area contributed by atoms with E-state index in [1.807, 2.05) is 0 Å². The normalized spacial score (nSPS) is 11.0. The van der Waals surface area contributed by atoms with Crippen LogP contribution in [0.15, 0.2) is 56.7 Å². The molecule has 0 fully saturated rings. The Morgan fingerprint density at radius 2 is 1.82 bits per heavy atom. The van der Waals surface area contributed by atoms with Gasteiger partial charge in [0.15, 0.2) is 23.2 Å². The molecule has 0 amide bonds. The first-order valence-corrected chi connectivity index (χ1v) is 9.31. The second-order valence-corrected chi connectivity index (χ2v) is 6.93. The predicted molar refractivity (Wildman–Crippen MR) is 106 cm³/mol. The number of aromatic hydroxyl groups is 1. The van der Waals surface area contributed by atoms with Gasteiger partial charge in [-0.15, -0.1) is 0 Å². The largest absolute Gasteiger partial charge is 0.503 e. The average molecular weight is 458 g/mol. The fourth-order valence-corrected chi connectivity index (χ4v) is 3.06. The van der Waals surface area contributed by atoms with Crippen molar-refractivity contribution in [2.45, 2.75) is 13.5 Å². The molecule has 2 aromatic carbocycles. The minimum atomic E-state index is -1.77. The number of halogens is 3. The smallest absolute Gasteiger partial charge is 0.338 e. The summed E-state index contributed by atoms with van der Waals surface area (Å²) >= 11 is 0. The molecule has 2 aromatic heterocycles. The Kier molecular flexibility index (Phi) is 5.42. The van der Waals surface area contributed by atoms with Gasteiger partial charge in [0, 0.05) is 17.3 Å². The van der Waals surface area contributed by atoms with Crippen molar-refractivity contribution < 1.29 is 27.6 Å². The summed E-state index contributed by atoms with van der Waals surface area (Å²) < 4.78 is 47.2. The maximum Gasteiger partial charge on any atom is 0.338 e. The third kappa shape index (κ3) is 3.82. The lowest BCUT2D eigenvalue weighted by Gasteiger charge is -2.09. The lowest BCUT2D eigenvalue weighted by atomic mass is 10.2. The van der Waals surface area contributed by atoms with Crippen LogP contribution >= 0.6 is 0 Å². The molecule has 9 nitrogen and oxygen atoms in total. The fourth-order valence-electron chi connectivity index (χ4n) is 3.06. The van der Waals surface area contributed by atoms with E-state index >= 15 is 0 Å². The van der Waals surface area contributed by atoms with Crippen molar-refractivity contribution in [2.75, 3.05) is 0 Å². The summed E-state index contributed by atoms with van der Waals surface area (Å²) in [5.74, 6) is -8.01. The van der Waals surface area contributed by atoms with Crippen LogP contribution in [0.4, 0.5) is 13.2 Å². The maximum absolute atomic E-state index is 14.1. The number of aromatic nitrogens is 4. The topological polar surface area (TPSA) is 120 Å². The Labute approximate surface area is 182 Å². The number of rotatable bonds is 4. The van der Waals surface area contributed by atoms with Crippen LogP contribution in [0, 0.1) is 24.4 Å². The quantitative estimate of drug-likeness (QED) is 0.466. The van der Waals surface area contributed by atoms with Crippen molar-refractivity contribution in [3.8, 4) is 17.2 Å². The minimum Gasteiger partial charge on any atom is -0.503 e. The van der Waals surface area contributed by atoms with Crippen molar-refractivity contribution >= 4 is 5.91 Å². The highest BCUT2D eigenvalue weighted by Gasteiger charge is 2.23. The molecule has 2 heterocycles. The number of carbonyl (C=O) groups is 1. The minimum absolute atomic E-state index is 0.0687. The molecule has 0 radical (unpaired) electrons. The van der Waals surface area contributed by atoms with Crippen LogP contribution in [0.5, 0.6) is 5.75 Å². The SMILES string of the molecule is Cc1cn(Cc2noc(-c3cc(F)c(F)c(O)c3F)n2)c(=O)n(C(=O)c2ccccc2)c1=O. The van der Waals surface area contributed by atoms with Crippen LogP contribution in [-0.2, 0) is 6.54 Å². The van der Waals surface area contributed by atoms with Crippen molar-refractivity contribution in [2.24, 2.45) is 0 Å². The van der Waals surface area contributed by atoms with Crippen molar-refractivity contribution in [1.82, 2.24) is 19.3 Å². The molecule has 0 saturated carbocycles. The van der Waals surface area contributed by atoms with Crippen LogP contribution in [0.3, 0.4) is 0 Å². The molecular formula is C21H13F3N4O5. The Morgan fingerprint density at radius 1 is 1.12 bits per heavy atom. The number of nitrogens with zero attached hydrogens (tertiary/aromatic N) is 4. The third-order valence-electron chi connectivity index (χ3n) is 4.69. The second-order valence-electron chi connectivity index (χ2n) is 6.93. The summed E-state index contributed by atoms with van der Waals surface area (Å²) in [6.45, 7) is 0.997. The first-order valence-electron chi connectivity index (χ1n) is 9.31. The number of phenols is 1. The first kappa shape index (κ1) is 21.7. The zero-order chi connectivity index (χ0) is 23.9.